The standard InChI is InChI=1S/C11H6Cl3N3O2/c12-5-1-2-6(7(18)3-5)10(19)16-9-4-8(13)15-11(14)17-9/h1-4,18H,(H,15,16,17,19). The molecule has 1 aromatic heterocycles. The molecule has 8 heteroatoms. The minimum atomic E-state index is -0.569. The van der Waals surface area contributed by atoms with Crippen LogP contribution in [0.3, 0.4) is 0 Å². The lowest BCUT2D eigenvalue weighted by molar-refractivity contribution is 0.102. The molecule has 2 aromatic rings. The van der Waals surface area contributed by atoms with Crippen molar-refractivity contribution >= 4 is 46.5 Å². The van der Waals surface area contributed by atoms with Crippen LogP contribution in [0.2, 0.25) is 15.5 Å². The van der Waals surface area contributed by atoms with E-state index in [1.165, 1.54) is 24.3 Å². The molecule has 0 aliphatic heterocycles. The minimum Gasteiger partial charge on any atom is -0.507 e. The average molecular weight is 319 g/mol. The minimum absolute atomic E-state index is 0.0512. The molecule has 98 valence electrons. The maximum atomic E-state index is 11.9. The molecule has 0 spiro atoms. The van der Waals surface area contributed by atoms with Crippen molar-refractivity contribution in [1.82, 2.24) is 9.97 Å². The van der Waals surface area contributed by atoms with Crippen LogP contribution in [0.1, 0.15) is 10.4 Å². The number of phenols is 1. The number of carbonyl (C=O) groups excluding carboxylic acids is 1. The molecule has 0 aliphatic rings. The van der Waals surface area contributed by atoms with Crippen LogP contribution in [0, 0.1) is 0 Å². The number of anilines is 1. The van der Waals surface area contributed by atoms with Gasteiger partial charge in [-0.1, -0.05) is 23.2 Å². The SMILES string of the molecule is O=C(Nc1cc(Cl)nc(Cl)n1)c1ccc(Cl)cc1O. The fourth-order valence-corrected chi connectivity index (χ4v) is 1.91. The van der Waals surface area contributed by atoms with Gasteiger partial charge in [0.25, 0.3) is 5.91 Å². The largest absolute Gasteiger partial charge is 0.507 e. The monoisotopic (exact) mass is 317 g/mol. The molecule has 19 heavy (non-hydrogen) atoms. The Hall–Kier alpha value is -1.56. The second-order valence-electron chi connectivity index (χ2n) is 3.46. The number of nitrogens with zero attached hydrogens (tertiary/aromatic N) is 2. The maximum Gasteiger partial charge on any atom is 0.260 e. The van der Waals surface area contributed by atoms with Gasteiger partial charge >= 0.3 is 0 Å². The van der Waals surface area contributed by atoms with Crippen LogP contribution in [0.5, 0.6) is 5.75 Å². The Morgan fingerprint density at radius 2 is 1.89 bits per heavy atom. The van der Waals surface area contributed by atoms with Gasteiger partial charge in [0, 0.05) is 11.1 Å². The van der Waals surface area contributed by atoms with Crippen molar-refractivity contribution in [2.75, 3.05) is 5.32 Å². The number of hydrogen-bond donors (Lipinski definition) is 2. The zero-order valence-electron chi connectivity index (χ0n) is 9.19. The summed E-state index contributed by atoms with van der Waals surface area (Å²) >= 11 is 17.0. The molecular weight excluding hydrogens is 312 g/mol. The summed E-state index contributed by atoms with van der Waals surface area (Å²) in [7, 11) is 0. The molecule has 2 rings (SSSR count). The van der Waals surface area contributed by atoms with Gasteiger partial charge in [0.05, 0.1) is 5.56 Å². The van der Waals surface area contributed by atoms with Crippen molar-refractivity contribution in [2.45, 2.75) is 0 Å². The van der Waals surface area contributed by atoms with E-state index in [1.807, 2.05) is 0 Å². The maximum absolute atomic E-state index is 11.9. The molecule has 0 aliphatic carbocycles. The third-order valence-corrected chi connectivity index (χ3v) is 2.71. The van der Waals surface area contributed by atoms with Gasteiger partial charge in [-0.25, -0.2) is 9.97 Å². The van der Waals surface area contributed by atoms with Gasteiger partial charge in [-0.05, 0) is 29.8 Å². The Balaban J connectivity index is 2.25. The molecule has 1 heterocycles. The normalized spacial score (nSPS) is 10.3. The highest BCUT2D eigenvalue weighted by atomic mass is 35.5. The number of aromatic hydroxyl groups is 1. The smallest absolute Gasteiger partial charge is 0.260 e. The van der Waals surface area contributed by atoms with Gasteiger partial charge < -0.3 is 10.4 Å². The van der Waals surface area contributed by atoms with Crippen LogP contribution in [0.15, 0.2) is 24.3 Å². The molecule has 0 atom stereocenters. The van der Waals surface area contributed by atoms with E-state index in [0.29, 0.717) is 5.02 Å². The molecular formula is C11H6Cl3N3O2. The molecule has 1 aromatic carbocycles. The van der Waals surface area contributed by atoms with Crippen LogP contribution < -0.4 is 5.32 Å². The van der Waals surface area contributed by atoms with Gasteiger partial charge in [0.15, 0.2) is 0 Å². The van der Waals surface area contributed by atoms with Gasteiger partial charge in [-0.2, -0.15) is 0 Å². The van der Waals surface area contributed by atoms with Crippen molar-refractivity contribution in [2.24, 2.45) is 0 Å². The number of halogens is 3. The highest BCUT2D eigenvalue weighted by Gasteiger charge is 2.13. The van der Waals surface area contributed by atoms with E-state index in [0.717, 1.165) is 0 Å². The third-order valence-electron chi connectivity index (χ3n) is 2.11. The first kappa shape index (κ1) is 13.9. The number of amides is 1. The molecule has 0 saturated heterocycles. The van der Waals surface area contributed by atoms with E-state index in [1.54, 1.807) is 0 Å². The molecule has 2 N–H and O–H groups in total. The Morgan fingerprint density at radius 1 is 1.16 bits per heavy atom. The first-order chi connectivity index (χ1) is 8.95. The summed E-state index contributed by atoms with van der Waals surface area (Å²) in [6, 6.07) is 5.46. The molecule has 5 nitrogen and oxygen atoms in total. The van der Waals surface area contributed by atoms with Crippen molar-refractivity contribution in [3.05, 3.63) is 45.3 Å². The van der Waals surface area contributed by atoms with Crippen LogP contribution in [0.4, 0.5) is 5.82 Å². The number of rotatable bonds is 2. The Bertz CT molecular complexity index is 629. The van der Waals surface area contributed by atoms with Gasteiger partial charge in [-0.3, -0.25) is 4.79 Å². The van der Waals surface area contributed by atoms with Crippen LogP contribution in [-0.4, -0.2) is 21.0 Å². The number of carbonyl (C=O) groups is 1. The lowest BCUT2D eigenvalue weighted by Gasteiger charge is -2.06. The first-order valence-electron chi connectivity index (χ1n) is 4.95. The zero-order chi connectivity index (χ0) is 14.0. The zero-order valence-corrected chi connectivity index (χ0v) is 11.5. The Morgan fingerprint density at radius 3 is 2.53 bits per heavy atom. The lowest BCUT2D eigenvalue weighted by atomic mass is 10.2. The van der Waals surface area contributed by atoms with E-state index in [9.17, 15) is 9.90 Å². The summed E-state index contributed by atoms with van der Waals surface area (Å²) in [6.45, 7) is 0. The summed E-state index contributed by atoms with van der Waals surface area (Å²) in [5, 5.41) is 12.4. The molecule has 0 fully saturated rings. The van der Waals surface area contributed by atoms with E-state index in [-0.39, 0.29) is 27.6 Å². The molecule has 1 amide bonds. The molecule has 0 radical (unpaired) electrons. The molecule has 0 unspecified atom stereocenters. The van der Waals surface area contributed by atoms with Crippen molar-refractivity contribution < 1.29 is 9.90 Å². The Kier molecular flexibility index (Phi) is 4.09. The quantitative estimate of drug-likeness (QED) is 0.657. The predicted molar refractivity (Wildman–Crippen MR) is 73.1 cm³/mol. The third kappa shape index (κ3) is 3.47. The lowest BCUT2D eigenvalue weighted by Crippen LogP contribution is -2.13. The van der Waals surface area contributed by atoms with E-state index in [4.69, 9.17) is 34.8 Å². The van der Waals surface area contributed by atoms with Crippen LogP contribution in [0.25, 0.3) is 0 Å². The van der Waals surface area contributed by atoms with E-state index >= 15 is 0 Å². The molecule has 0 bridgehead atoms. The second kappa shape index (κ2) is 5.61. The first-order valence-corrected chi connectivity index (χ1v) is 6.09. The number of hydrogen-bond acceptors (Lipinski definition) is 4. The van der Waals surface area contributed by atoms with Crippen LogP contribution >= 0.6 is 34.8 Å². The topological polar surface area (TPSA) is 75.1 Å². The van der Waals surface area contributed by atoms with E-state index < -0.39 is 5.91 Å². The second-order valence-corrected chi connectivity index (χ2v) is 4.62. The van der Waals surface area contributed by atoms with Crippen molar-refractivity contribution in [1.29, 1.82) is 0 Å². The summed E-state index contributed by atoms with van der Waals surface area (Å²) in [6.07, 6.45) is 0. The van der Waals surface area contributed by atoms with Gasteiger partial charge in [0.1, 0.15) is 16.7 Å². The fraction of sp³-hybridized carbons (Fsp3) is 0. The van der Waals surface area contributed by atoms with Crippen LogP contribution in [-0.2, 0) is 0 Å². The fourth-order valence-electron chi connectivity index (χ4n) is 1.33. The number of phenolic OH excluding ortho intramolecular Hbond substituents is 1. The van der Waals surface area contributed by atoms with Crippen molar-refractivity contribution in [3.63, 3.8) is 0 Å². The summed E-state index contributed by atoms with van der Waals surface area (Å²) in [5.74, 6) is -0.680. The van der Waals surface area contributed by atoms with Gasteiger partial charge in [-0.15, -0.1) is 0 Å². The van der Waals surface area contributed by atoms with Gasteiger partial charge in [0.2, 0.25) is 5.28 Å². The summed E-state index contributed by atoms with van der Waals surface area (Å²) in [5.41, 5.74) is 0.0512. The highest BCUT2D eigenvalue weighted by Crippen LogP contribution is 2.23. The molecule has 0 saturated carbocycles. The van der Waals surface area contributed by atoms with E-state index in [2.05, 4.69) is 15.3 Å². The summed E-state index contributed by atoms with van der Waals surface area (Å²) < 4.78 is 0. The summed E-state index contributed by atoms with van der Waals surface area (Å²) in [4.78, 5) is 19.3. The highest BCUT2D eigenvalue weighted by molar-refractivity contribution is 6.32. The average Bonchev–Trinajstić information content (AvgIpc) is 2.26. The predicted octanol–water partition coefficient (Wildman–Crippen LogP) is 3.39. The van der Waals surface area contributed by atoms with Crippen molar-refractivity contribution in [3.8, 4) is 5.75 Å². The number of benzene rings is 1. The number of aromatic nitrogens is 2. The Labute approximate surface area is 123 Å². The number of nitrogens with one attached hydrogen (secondary N) is 1.